The van der Waals surface area contributed by atoms with E-state index in [-0.39, 0.29) is 11.4 Å². The van der Waals surface area contributed by atoms with Crippen LogP contribution in [-0.2, 0) is 6.54 Å². The normalized spacial score (nSPS) is 15.3. The molecule has 3 nitrogen and oxygen atoms in total. The van der Waals surface area contributed by atoms with Gasteiger partial charge in [0.1, 0.15) is 11.6 Å². The second-order valence-electron chi connectivity index (χ2n) is 5.52. The zero-order valence-corrected chi connectivity index (χ0v) is 12.8. The number of benzene rings is 2. The summed E-state index contributed by atoms with van der Waals surface area (Å²) in [6.07, 6.45) is 2.67. The first-order chi connectivity index (χ1) is 11.1. The van der Waals surface area contributed by atoms with Crippen LogP contribution in [-0.4, -0.2) is 9.55 Å². The summed E-state index contributed by atoms with van der Waals surface area (Å²) in [6, 6.07) is 11.4. The van der Waals surface area contributed by atoms with Crippen molar-refractivity contribution in [1.82, 2.24) is 9.55 Å². The van der Waals surface area contributed by atoms with Crippen LogP contribution >= 0.6 is 11.6 Å². The molecule has 0 aliphatic carbocycles. The van der Waals surface area contributed by atoms with Gasteiger partial charge >= 0.3 is 0 Å². The minimum Gasteiger partial charge on any atom is -0.292 e. The van der Waals surface area contributed by atoms with Crippen molar-refractivity contribution in [1.29, 1.82) is 0 Å². The molecule has 5 heteroatoms. The Labute approximate surface area is 136 Å². The van der Waals surface area contributed by atoms with Gasteiger partial charge in [-0.1, -0.05) is 23.7 Å². The van der Waals surface area contributed by atoms with Crippen LogP contribution in [0.4, 0.5) is 4.39 Å². The number of hydrogen-bond donors (Lipinski definition) is 0. The molecule has 0 spiro atoms. The molecule has 0 unspecified atom stereocenters. The predicted octanol–water partition coefficient (Wildman–Crippen LogP) is 4.13. The van der Waals surface area contributed by atoms with E-state index in [0.29, 0.717) is 28.3 Å². The number of nitrogens with zero attached hydrogens (tertiary/aromatic N) is 2. The molecule has 2 heterocycles. The third kappa shape index (κ3) is 2.45. The number of aromatic nitrogens is 2. The summed E-state index contributed by atoms with van der Waals surface area (Å²) in [5.41, 5.74) is 2.40. The Kier molecular flexibility index (Phi) is 3.27. The predicted molar refractivity (Wildman–Crippen MR) is 89.9 cm³/mol. The summed E-state index contributed by atoms with van der Waals surface area (Å²) in [6.45, 7) is 0.604. The van der Waals surface area contributed by atoms with Gasteiger partial charge in [0.05, 0.1) is 10.9 Å². The van der Waals surface area contributed by atoms with Crippen molar-refractivity contribution in [2.24, 2.45) is 0 Å². The van der Waals surface area contributed by atoms with Crippen molar-refractivity contribution in [2.75, 3.05) is 0 Å². The van der Waals surface area contributed by atoms with Gasteiger partial charge < -0.3 is 0 Å². The van der Waals surface area contributed by atoms with Gasteiger partial charge in [0, 0.05) is 11.6 Å². The molecule has 2 aromatic carbocycles. The fourth-order valence-corrected chi connectivity index (χ4v) is 3.05. The molecule has 23 heavy (non-hydrogen) atoms. The molecule has 3 aromatic rings. The molecule has 0 N–H and O–H groups in total. The molecule has 0 fully saturated rings. The zero-order valence-electron chi connectivity index (χ0n) is 12.1. The monoisotopic (exact) mass is 326 g/mol. The fourth-order valence-electron chi connectivity index (χ4n) is 2.89. The Balaban J connectivity index is 1.89. The standard InChI is InChI=1S/C18H12ClFN2O/c19-13-3-6-15-16(10-13)21-17-12(7-8-22(17)18(15)23)9-11-1-4-14(20)5-2-11/h1-6,9-10H,7-8H2/b12-9+. The summed E-state index contributed by atoms with van der Waals surface area (Å²) in [7, 11) is 0. The van der Waals surface area contributed by atoms with E-state index in [2.05, 4.69) is 4.98 Å². The zero-order chi connectivity index (χ0) is 16.0. The highest BCUT2D eigenvalue weighted by atomic mass is 35.5. The highest BCUT2D eigenvalue weighted by Gasteiger charge is 2.20. The van der Waals surface area contributed by atoms with Crippen molar-refractivity contribution in [3.63, 3.8) is 0 Å². The van der Waals surface area contributed by atoms with E-state index in [1.807, 2.05) is 6.08 Å². The van der Waals surface area contributed by atoms with E-state index in [9.17, 15) is 9.18 Å². The smallest absolute Gasteiger partial charge is 0.261 e. The van der Waals surface area contributed by atoms with Gasteiger partial charge in [-0.2, -0.15) is 0 Å². The van der Waals surface area contributed by atoms with Crippen LogP contribution in [0.3, 0.4) is 0 Å². The Morgan fingerprint density at radius 3 is 2.74 bits per heavy atom. The van der Waals surface area contributed by atoms with E-state index in [1.54, 1.807) is 34.9 Å². The van der Waals surface area contributed by atoms with Gasteiger partial charge in [0.2, 0.25) is 0 Å². The van der Waals surface area contributed by atoms with E-state index in [1.165, 1.54) is 12.1 Å². The van der Waals surface area contributed by atoms with Gasteiger partial charge in [-0.3, -0.25) is 9.36 Å². The number of fused-ring (bicyclic) bond motifs is 2. The minimum atomic E-state index is -0.269. The average molecular weight is 327 g/mol. The Morgan fingerprint density at radius 1 is 1.17 bits per heavy atom. The van der Waals surface area contributed by atoms with E-state index < -0.39 is 0 Å². The summed E-state index contributed by atoms with van der Waals surface area (Å²) in [5.74, 6) is 0.392. The Bertz CT molecular complexity index is 1010. The van der Waals surface area contributed by atoms with E-state index >= 15 is 0 Å². The molecule has 1 aromatic heterocycles. The first-order valence-electron chi connectivity index (χ1n) is 7.28. The molecule has 0 bridgehead atoms. The summed E-state index contributed by atoms with van der Waals surface area (Å²) in [4.78, 5) is 17.2. The van der Waals surface area contributed by atoms with Crippen molar-refractivity contribution in [3.8, 4) is 0 Å². The second-order valence-corrected chi connectivity index (χ2v) is 5.96. The SMILES string of the molecule is O=c1c2ccc(Cl)cc2nc2n1CC/C2=C\c1ccc(F)cc1. The van der Waals surface area contributed by atoms with Crippen LogP contribution < -0.4 is 5.56 Å². The molecule has 114 valence electrons. The molecule has 0 radical (unpaired) electrons. The van der Waals surface area contributed by atoms with Gasteiger partial charge in [0.15, 0.2) is 0 Å². The van der Waals surface area contributed by atoms with Crippen LogP contribution in [0.15, 0.2) is 47.3 Å². The molecule has 1 aliphatic heterocycles. The summed E-state index contributed by atoms with van der Waals surface area (Å²) >= 11 is 6.00. The van der Waals surface area contributed by atoms with Crippen molar-refractivity contribution < 1.29 is 4.39 Å². The van der Waals surface area contributed by atoms with Gasteiger partial charge in [0.25, 0.3) is 5.56 Å². The molecule has 0 saturated carbocycles. The van der Waals surface area contributed by atoms with Crippen LogP contribution in [0.5, 0.6) is 0 Å². The lowest BCUT2D eigenvalue weighted by Crippen LogP contribution is -2.20. The third-order valence-corrected chi connectivity index (χ3v) is 4.26. The minimum absolute atomic E-state index is 0.0517. The highest BCUT2D eigenvalue weighted by Crippen LogP contribution is 2.28. The van der Waals surface area contributed by atoms with Crippen LogP contribution in [0.25, 0.3) is 22.6 Å². The fraction of sp³-hybridized carbons (Fsp3) is 0.111. The van der Waals surface area contributed by atoms with Gasteiger partial charge in [-0.05, 0) is 54.0 Å². The van der Waals surface area contributed by atoms with Crippen LogP contribution in [0, 0.1) is 5.82 Å². The molecule has 0 saturated heterocycles. The quantitative estimate of drug-likeness (QED) is 0.674. The van der Waals surface area contributed by atoms with E-state index in [0.717, 1.165) is 17.6 Å². The Morgan fingerprint density at radius 2 is 1.96 bits per heavy atom. The third-order valence-electron chi connectivity index (χ3n) is 4.02. The van der Waals surface area contributed by atoms with Crippen LogP contribution in [0.1, 0.15) is 17.8 Å². The molecule has 0 amide bonds. The first kappa shape index (κ1) is 14.2. The second kappa shape index (κ2) is 5.32. The van der Waals surface area contributed by atoms with Gasteiger partial charge in [-0.25, -0.2) is 9.37 Å². The largest absolute Gasteiger partial charge is 0.292 e. The Hall–Kier alpha value is -2.46. The van der Waals surface area contributed by atoms with Gasteiger partial charge in [-0.15, -0.1) is 0 Å². The first-order valence-corrected chi connectivity index (χ1v) is 7.66. The number of rotatable bonds is 1. The molecule has 4 rings (SSSR count). The molecular weight excluding hydrogens is 315 g/mol. The lowest BCUT2D eigenvalue weighted by Gasteiger charge is -2.06. The maximum absolute atomic E-state index is 13.0. The van der Waals surface area contributed by atoms with Crippen LogP contribution in [0.2, 0.25) is 5.02 Å². The average Bonchev–Trinajstić information content (AvgIpc) is 2.93. The topological polar surface area (TPSA) is 34.9 Å². The van der Waals surface area contributed by atoms with Crippen molar-refractivity contribution in [3.05, 3.63) is 75.0 Å². The molecule has 0 atom stereocenters. The highest BCUT2D eigenvalue weighted by molar-refractivity contribution is 6.31. The number of halogens is 2. The van der Waals surface area contributed by atoms with Crippen molar-refractivity contribution in [2.45, 2.75) is 13.0 Å². The number of hydrogen-bond acceptors (Lipinski definition) is 2. The lowest BCUT2D eigenvalue weighted by atomic mass is 10.1. The maximum Gasteiger partial charge on any atom is 0.261 e. The maximum atomic E-state index is 13.0. The summed E-state index contributed by atoms with van der Waals surface area (Å²) in [5, 5.41) is 1.12. The number of allylic oxidation sites excluding steroid dienone is 1. The molecular formula is C18H12ClFN2O. The van der Waals surface area contributed by atoms with Crippen molar-refractivity contribution >= 4 is 34.2 Å². The lowest BCUT2D eigenvalue weighted by molar-refractivity contribution is 0.628. The summed E-state index contributed by atoms with van der Waals surface area (Å²) < 4.78 is 14.7. The molecule has 1 aliphatic rings. The van der Waals surface area contributed by atoms with E-state index in [4.69, 9.17) is 11.6 Å².